The molecule has 1 aliphatic carbocycles. The summed E-state index contributed by atoms with van der Waals surface area (Å²) in [5.74, 6) is 1.30. The summed E-state index contributed by atoms with van der Waals surface area (Å²) >= 11 is 1.55. The highest BCUT2D eigenvalue weighted by Crippen LogP contribution is 2.50. The van der Waals surface area contributed by atoms with Crippen LogP contribution in [0.5, 0.6) is 17.2 Å². The maximum atomic E-state index is 13.9. The van der Waals surface area contributed by atoms with E-state index in [9.17, 15) is 24.0 Å². The number of thioether (sulfide) groups is 1. The second kappa shape index (κ2) is 14.7. The zero-order valence-electron chi connectivity index (χ0n) is 27.2. The second-order valence-corrected chi connectivity index (χ2v) is 12.2. The normalized spacial score (nSPS) is 14.1. The lowest BCUT2D eigenvalue weighted by Gasteiger charge is -2.19. The third kappa shape index (κ3) is 7.03. The maximum absolute atomic E-state index is 13.9. The Morgan fingerprint density at radius 3 is 2.33 bits per heavy atom. The number of ether oxygens (including phenoxy) is 3. The molecule has 48 heavy (non-hydrogen) atoms. The molecular formula is C34H37N5O8S. The number of hydrogen-bond donors (Lipinski definition) is 5. The van der Waals surface area contributed by atoms with Crippen molar-refractivity contribution < 1.29 is 23.8 Å². The SMILES string of the molecule is COc1cc2c(c(OC)c1OC)-c1ccc(NC(CCSC)C(=O)Nc3ccc4[nH]c(=O)c(=O)[nH]c4c3)c(=O)cc1C(NC(C)=O)CC2. The van der Waals surface area contributed by atoms with Gasteiger partial charge in [-0.05, 0) is 84.4 Å². The first kappa shape index (κ1) is 34.1. The predicted octanol–water partition coefficient (Wildman–Crippen LogP) is 3.57. The minimum absolute atomic E-state index is 0.187. The van der Waals surface area contributed by atoms with Gasteiger partial charge in [-0.2, -0.15) is 11.8 Å². The van der Waals surface area contributed by atoms with Crippen LogP contribution in [0.25, 0.3) is 22.2 Å². The van der Waals surface area contributed by atoms with Crippen LogP contribution in [0.2, 0.25) is 0 Å². The van der Waals surface area contributed by atoms with Gasteiger partial charge in [0.05, 0.1) is 44.1 Å². The molecule has 3 aromatic carbocycles. The molecule has 14 heteroatoms. The Morgan fingerprint density at radius 2 is 1.67 bits per heavy atom. The summed E-state index contributed by atoms with van der Waals surface area (Å²) in [6.07, 6.45) is 3.38. The molecule has 1 aliphatic rings. The Morgan fingerprint density at radius 1 is 0.938 bits per heavy atom. The largest absolute Gasteiger partial charge is 0.493 e. The summed E-state index contributed by atoms with van der Waals surface area (Å²) in [6.45, 7) is 1.43. The Balaban J connectivity index is 1.57. The number of H-pyrrole nitrogens is 2. The van der Waals surface area contributed by atoms with E-state index in [-0.39, 0.29) is 17.0 Å². The molecule has 252 valence electrons. The molecule has 0 fully saturated rings. The first-order valence-electron chi connectivity index (χ1n) is 15.2. The van der Waals surface area contributed by atoms with E-state index >= 15 is 0 Å². The van der Waals surface area contributed by atoms with E-state index in [0.29, 0.717) is 75.7 Å². The smallest absolute Gasteiger partial charge is 0.314 e. The third-order valence-electron chi connectivity index (χ3n) is 8.16. The molecule has 5 rings (SSSR count). The van der Waals surface area contributed by atoms with Crippen LogP contribution in [0.15, 0.2) is 56.8 Å². The van der Waals surface area contributed by atoms with Crippen LogP contribution in [-0.2, 0) is 16.0 Å². The summed E-state index contributed by atoms with van der Waals surface area (Å²) < 4.78 is 17.1. The van der Waals surface area contributed by atoms with Crippen molar-refractivity contribution in [2.45, 2.75) is 38.3 Å². The summed E-state index contributed by atoms with van der Waals surface area (Å²) in [5.41, 5.74) is 2.27. The number of methoxy groups -OCH3 is 3. The molecule has 0 saturated carbocycles. The average Bonchev–Trinajstić information content (AvgIpc) is 3.30. The third-order valence-corrected chi connectivity index (χ3v) is 8.81. The molecule has 1 aromatic heterocycles. The Labute approximate surface area is 279 Å². The Kier molecular flexibility index (Phi) is 10.4. The van der Waals surface area contributed by atoms with E-state index in [1.165, 1.54) is 27.2 Å². The van der Waals surface area contributed by atoms with Gasteiger partial charge in [0.2, 0.25) is 23.0 Å². The van der Waals surface area contributed by atoms with Crippen molar-refractivity contribution in [2.75, 3.05) is 44.0 Å². The van der Waals surface area contributed by atoms with Gasteiger partial charge in [0.25, 0.3) is 0 Å². The number of fused-ring (bicyclic) bond motifs is 4. The van der Waals surface area contributed by atoms with E-state index in [1.807, 2.05) is 12.3 Å². The number of carbonyl (C=O) groups excluding carboxylic acids is 2. The molecule has 0 bridgehead atoms. The summed E-state index contributed by atoms with van der Waals surface area (Å²) in [4.78, 5) is 68.3. The predicted molar refractivity (Wildman–Crippen MR) is 187 cm³/mol. The van der Waals surface area contributed by atoms with Gasteiger partial charge in [0.1, 0.15) is 6.04 Å². The van der Waals surface area contributed by atoms with Gasteiger partial charge in [0.15, 0.2) is 11.5 Å². The van der Waals surface area contributed by atoms with Gasteiger partial charge in [-0.15, -0.1) is 0 Å². The minimum atomic E-state index is -0.810. The van der Waals surface area contributed by atoms with Crippen LogP contribution in [0.4, 0.5) is 11.4 Å². The van der Waals surface area contributed by atoms with Gasteiger partial charge in [-0.1, -0.05) is 6.07 Å². The van der Waals surface area contributed by atoms with E-state index in [0.717, 1.165) is 5.56 Å². The lowest BCUT2D eigenvalue weighted by Crippen LogP contribution is -2.36. The van der Waals surface area contributed by atoms with Crippen LogP contribution in [0, 0.1) is 0 Å². The number of aromatic amines is 2. The summed E-state index contributed by atoms with van der Waals surface area (Å²) in [6, 6.07) is 10.2. The van der Waals surface area contributed by atoms with Crippen LogP contribution in [0.1, 0.15) is 36.9 Å². The van der Waals surface area contributed by atoms with Crippen LogP contribution >= 0.6 is 11.8 Å². The van der Waals surface area contributed by atoms with Crippen molar-refractivity contribution in [3.05, 3.63) is 84.5 Å². The Hall–Kier alpha value is -5.24. The molecule has 13 nitrogen and oxygen atoms in total. The molecule has 5 N–H and O–H groups in total. The minimum Gasteiger partial charge on any atom is -0.493 e. The molecule has 2 unspecified atom stereocenters. The van der Waals surface area contributed by atoms with Crippen molar-refractivity contribution in [3.63, 3.8) is 0 Å². The summed E-state index contributed by atoms with van der Waals surface area (Å²) in [7, 11) is 4.59. The van der Waals surface area contributed by atoms with Crippen molar-refractivity contribution in [1.82, 2.24) is 15.3 Å². The van der Waals surface area contributed by atoms with Crippen LogP contribution < -0.4 is 46.7 Å². The Bertz CT molecular complexity index is 2060. The number of hydrogen-bond acceptors (Lipinski definition) is 10. The lowest BCUT2D eigenvalue weighted by molar-refractivity contribution is -0.120. The number of benzene rings is 2. The monoisotopic (exact) mass is 675 g/mol. The summed E-state index contributed by atoms with van der Waals surface area (Å²) in [5, 5.41) is 9.00. The highest BCUT2D eigenvalue weighted by Gasteiger charge is 2.30. The number of carbonyl (C=O) groups is 2. The van der Waals surface area contributed by atoms with Gasteiger partial charge < -0.3 is 40.1 Å². The van der Waals surface area contributed by atoms with E-state index in [4.69, 9.17) is 14.2 Å². The van der Waals surface area contributed by atoms with Crippen molar-refractivity contribution in [2.24, 2.45) is 0 Å². The first-order valence-corrected chi connectivity index (χ1v) is 16.6. The fourth-order valence-electron chi connectivity index (χ4n) is 5.94. The first-order chi connectivity index (χ1) is 23.1. The molecule has 0 aliphatic heterocycles. The maximum Gasteiger partial charge on any atom is 0.314 e. The number of aryl methyl sites for hydroxylation is 1. The molecule has 0 spiro atoms. The van der Waals surface area contributed by atoms with Gasteiger partial charge >= 0.3 is 11.1 Å². The van der Waals surface area contributed by atoms with Crippen LogP contribution in [-0.4, -0.2) is 61.2 Å². The van der Waals surface area contributed by atoms with E-state index < -0.39 is 29.1 Å². The lowest BCUT2D eigenvalue weighted by atomic mass is 9.95. The van der Waals surface area contributed by atoms with Gasteiger partial charge in [-0.3, -0.25) is 24.0 Å². The van der Waals surface area contributed by atoms with E-state index in [2.05, 4.69) is 25.9 Å². The fourth-order valence-corrected chi connectivity index (χ4v) is 6.41. The number of rotatable bonds is 11. The van der Waals surface area contributed by atoms with E-state index in [1.54, 1.807) is 49.2 Å². The zero-order valence-corrected chi connectivity index (χ0v) is 28.0. The quantitative estimate of drug-likeness (QED) is 0.148. The highest BCUT2D eigenvalue weighted by molar-refractivity contribution is 7.98. The second-order valence-electron chi connectivity index (χ2n) is 11.2. The molecular weight excluding hydrogens is 638 g/mol. The van der Waals surface area contributed by atoms with Gasteiger partial charge in [-0.25, -0.2) is 0 Å². The molecule has 1 heterocycles. The zero-order chi connectivity index (χ0) is 34.5. The van der Waals surface area contributed by atoms with Crippen molar-refractivity contribution in [1.29, 1.82) is 0 Å². The number of nitrogens with one attached hydrogen (secondary N) is 5. The molecule has 4 aromatic rings. The molecule has 2 atom stereocenters. The number of amides is 2. The van der Waals surface area contributed by atoms with Crippen molar-refractivity contribution in [3.8, 4) is 28.4 Å². The molecule has 0 saturated heterocycles. The van der Waals surface area contributed by atoms with Gasteiger partial charge in [0, 0.05) is 18.2 Å². The fraction of sp³-hybridized carbons (Fsp3) is 0.324. The molecule has 2 amide bonds. The average molecular weight is 676 g/mol. The number of aromatic nitrogens is 2. The standard InChI is InChI=1S/C34H37N5O8S/c1-17(40)35-22-9-6-18-14-28(45-2)30(46-3)31(47-4)29(18)20-8-11-24(27(41)16-21(20)22)37-25(12-13-48-5)32(42)36-19-7-10-23-26(15-19)39-34(44)33(43)38-23/h7-8,10-11,14-16,22,25H,6,9,12-13H2,1-5H3,(H,35,40)(H,36,42)(H,37,41)(H,38,43)(H,39,44). The number of anilines is 2. The highest BCUT2D eigenvalue weighted by atomic mass is 32.2. The topological polar surface area (TPSA) is 181 Å². The molecule has 0 radical (unpaired) electrons. The van der Waals surface area contributed by atoms with Crippen LogP contribution in [0.3, 0.4) is 0 Å². The van der Waals surface area contributed by atoms with Crippen molar-refractivity contribution >= 4 is 46.0 Å².